The molecular weight excluding hydrogens is 270 g/mol. The number of ether oxygens (including phenoxy) is 1. The predicted octanol–water partition coefficient (Wildman–Crippen LogP) is 3.53. The SMILES string of the molecule is CCOc1ccc(-c2nc3sccn3c2CC#N)cc1. The first kappa shape index (κ1) is 12.7. The van der Waals surface area contributed by atoms with Crippen LogP contribution in [0.4, 0.5) is 0 Å². The van der Waals surface area contributed by atoms with Gasteiger partial charge in [0.2, 0.25) is 0 Å². The van der Waals surface area contributed by atoms with E-state index in [1.54, 1.807) is 11.3 Å². The van der Waals surface area contributed by atoms with Crippen LogP contribution in [0.2, 0.25) is 0 Å². The lowest BCUT2D eigenvalue weighted by Gasteiger charge is -2.04. The number of fused-ring (bicyclic) bond motifs is 1. The van der Waals surface area contributed by atoms with Crippen molar-refractivity contribution in [3.8, 4) is 23.1 Å². The monoisotopic (exact) mass is 283 g/mol. The molecule has 0 aliphatic rings. The number of nitrogens with zero attached hydrogens (tertiary/aromatic N) is 3. The molecule has 0 atom stereocenters. The van der Waals surface area contributed by atoms with Crippen LogP contribution in [0.5, 0.6) is 5.75 Å². The molecule has 0 fully saturated rings. The van der Waals surface area contributed by atoms with E-state index in [0.29, 0.717) is 13.0 Å². The van der Waals surface area contributed by atoms with Crippen molar-refractivity contribution in [3.63, 3.8) is 0 Å². The van der Waals surface area contributed by atoms with E-state index in [1.165, 1.54) is 0 Å². The third-order valence-corrected chi connectivity index (χ3v) is 3.80. The predicted molar refractivity (Wildman–Crippen MR) is 79.0 cm³/mol. The van der Waals surface area contributed by atoms with E-state index >= 15 is 0 Å². The molecule has 0 aliphatic heterocycles. The summed E-state index contributed by atoms with van der Waals surface area (Å²) in [4.78, 5) is 5.54. The molecular formula is C15H13N3OS. The average Bonchev–Trinajstić information content (AvgIpc) is 3.03. The van der Waals surface area contributed by atoms with E-state index in [4.69, 9.17) is 10.00 Å². The Morgan fingerprint density at radius 3 is 2.85 bits per heavy atom. The van der Waals surface area contributed by atoms with E-state index in [2.05, 4.69) is 11.1 Å². The number of hydrogen-bond acceptors (Lipinski definition) is 4. The maximum Gasteiger partial charge on any atom is 0.194 e. The summed E-state index contributed by atoms with van der Waals surface area (Å²) in [6.07, 6.45) is 2.30. The minimum absolute atomic E-state index is 0.348. The maximum absolute atomic E-state index is 9.01. The minimum atomic E-state index is 0.348. The minimum Gasteiger partial charge on any atom is -0.494 e. The molecule has 1 aromatic carbocycles. The Balaban J connectivity index is 2.06. The molecule has 3 rings (SSSR count). The van der Waals surface area contributed by atoms with Crippen molar-refractivity contribution in [2.75, 3.05) is 6.61 Å². The Bertz CT molecular complexity index is 765. The quantitative estimate of drug-likeness (QED) is 0.736. The highest BCUT2D eigenvalue weighted by molar-refractivity contribution is 7.15. The number of benzene rings is 1. The molecule has 5 heteroatoms. The summed E-state index contributed by atoms with van der Waals surface area (Å²) in [5, 5.41) is 11.0. The number of aromatic nitrogens is 2. The fourth-order valence-corrected chi connectivity index (χ4v) is 2.92. The summed E-state index contributed by atoms with van der Waals surface area (Å²) in [5.74, 6) is 0.846. The summed E-state index contributed by atoms with van der Waals surface area (Å²) in [5.41, 5.74) is 2.82. The zero-order valence-electron chi connectivity index (χ0n) is 11.0. The molecule has 2 heterocycles. The Morgan fingerprint density at radius 2 is 2.15 bits per heavy atom. The van der Waals surface area contributed by atoms with Gasteiger partial charge >= 0.3 is 0 Å². The summed E-state index contributed by atoms with van der Waals surface area (Å²) in [7, 11) is 0. The molecule has 0 radical (unpaired) electrons. The summed E-state index contributed by atoms with van der Waals surface area (Å²) < 4.78 is 7.43. The van der Waals surface area contributed by atoms with Crippen molar-refractivity contribution in [2.24, 2.45) is 0 Å². The number of thiazole rings is 1. The molecule has 100 valence electrons. The fraction of sp³-hybridized carbons (Fsp3) is 0.200. The smallest absolute Gasteiger partial charge is 0.194 e. The van der Waals surface area contributed by atoms with E-state index in [-0.39, 0.29) is 0 Å². The third-order valence-electron chi connectivity index (χ3n) is 3.05. The first-order valence-corrected chi connectivity index (χ1v) is 7.26. The largest absolute Gasteiger partial charge is 0.494 e. The Hall–Kier alpha value is -2.32. The molecule has 0 unspecified atom stereocenters. The van der Waals surface area contributed by atoms with Gasteiger partial charge in [-0.05, 0) is 31.2 Å². The Morgan fingerprint density at radius 1 is 1.35 bits per heavy atom. The average molecular weight is 283 g/mol. The van der Waals surface area contributed by atoms with Crippen LogP contribution in [-0.4, -0.2) is 16.0 Å². The molecule has 0 saturated carbocycles. The molecule has 2 aromatic heterocycles. The Labute approximate surface area is 120 Å². The molecule has 0 aliphatic carbocycles. The Kier molecular flexibility index (Phi) is 3.40. The van der Waals surface area contributed by atoms with Crippen LogP contribution in [0.25, 0.3) is 16.2 Å². The van der Waals surface area contributed by atoms with Gasteiger partial charge in [0.25, 0.3) is 0 Å². The van der Waals surface area contributed by atoms with E-state index < -0.39 is 0 Å². The normalized spacial score (nSPS) is 10.6. The van der Waals surface area contributed by atoms with Gasteiger partial charge in [0, 0.05) is 17.1 Å². The summed E-state index contributed by atoms with van der Waals surface area (Å²) >= 11 is 1.57. The molecule has 0 saturated heterocycles. The van der Waals surface area contributed by atoms with Crippen LogP contribution in [0.15, 0.2) is 35.8 Å². The number of imidazole rings is 1. The molecule has 3 aromatic rings. The van der Waals surface area contributed by atoms with Gasteiger partial charge in [-0.3, -0.25) is 4.40 Å². The van der Waals surface area contributed by atoms with Crippen LogP contribution in [0.3, 0.4) is 0 Å². The first-order chi connectivity index (χ1) is 9.83. The third kappa shape index (κ3) is 2.15. The van der Waals surface area contributed by atoms with Crippen LogP contribution in [0, 0.1) is 11.3 Å². The van der Waals surface area contributed by atoms with Crippen molar-refractivity contribution < 1.29 is 4.74 Å². The standard InChI is InChI=1S/C15H13N3OS/c1-2-19-12-5-3-11(4-6-12)14-13(7-8-16)18-9-10-20-15(18)17-14/h3-6,9-10H,2,7H2,1H3. The summed E-state index contributed by atoms with van der Waals surface area (Å²) in [6, 6.07) is 10.0. The highest BCUT2D eigenvalue weighted by atomic mass is 32.1. The van der Waals surface area contributed by atoms with Gasteiger partial charge in [-0.15, -0.1) is 11.3 Å². The lowest BCUT2D eigenvalue weighted by molar-refractivity contribution is 0.340. The first-order valence-electron chi connectivity index (χ1n) is 6.38. The van der Waals surface area contributed by atoms with E-state index in [1.807, 2.05) is 47.2 Å². The van der Waals surface area contributed by atoms with Gasteiger partial charge in [0.05, 0.1) is 30.5 Å². The van der Waals surface area contributed by atoms with Gasteiger partial charge in [0.1, 0.15) is 5.75 Å². The fourth-order valence-electron chi connectivity index (χ4n) is 2.18. The van der Waals surface area contributed by atoms with Gasteiger partial charge in [-0.2, -0.15) is 5.26 Å². The van der Waals surface area contributed by atoms with Crippen LogP contribution >= 0.6 is 11.3 Å². The second-order valence-corrected chi connectivity index (χ2v) is 5.13. The molecule has 20 heavy (non-hydrogen) atoms. The van der Waals surface area contributed by atoms with Gasteiger partial charge in [-0.1, -0.05) is 0 Å². The molecule has 0 N–H and O–H groups in total. The molecule has 0 amide bonds. The van der Waals surface area contributed by atoms with Crippen molar-refractivity contribution in [1.82, 2.24) is 9.38 Å². The van der Waals surface area contributed by atoms with Gasteiger partial charge < -0.3 is 4.74 Å². The van der Waals surface area contributed by atoms with Gasteiger partial charge in [-0.25, -0.2) is 4.98 Å². The second kappa shape index (κ2) is 5.35. The highest BCUT2D eigenvalue weighted by Gasteiger charge is 2.14. The summed E-state index contributed by atoms with van der Waals surface area (Å²) in [6.45, 7) is 2.61. The number of hydrogen-bond donors (Lipinski definition) is 0. The molecule has 4 nitrogen and oxygen atoms in total. The highest BCUT2D eigenvalue weighted by Crippen LogP contribution is 2.28. The lowest BCUT2D eigenvalue weighted by atomic mass is 10.1. The van der Waals surface area contributed by atoms with Crippen LogP contribution in [0.1, 0.15) is 12.6 Å². The second-order valence-electron chi connectivity index (χ2n) is 4.25. The van der Waals surface area contributed by atoms with E-state index in [0.717, 1.165) is 27.7 Å². The van der Waals surface area contributed by atoms with Crippen LogP contribution in [-0.2, 0) is 6.42 Å². The van der Waals surface area contributed by atoms with Gasteiger partial charge in [0.15, 0.2) is 4.96 Å². The number of nitriles is 1. The zero-order valence-corrected chi connectivity index (χ0v) is 11.9. The maximum atomic E-state index is 9.01. The van der Waals surface area contributed by atoms with Crippen molar-refractivity contribution >= 4 is 16.3 Å². The number of rotatable bonds is 4. The van der Waals surface area contributed by atoms with Crippen molar-refractivity contribution in [3.05, 3.63) is 41.5 Å². The topological polar surface area (TPSA) is 50.3 Å². The molecule has 0 bridgehead atoms. The lowest BCUT2D eigenvalue weighted by Crippen LogP contribution is -1.93. The van der Waals surface area contributed by atoms with Crippen molar-refractivity contribution in [2.45, 2.75) is 13.3 Å². The van der Waals surface area contributed by atoms with Crippen LogP contribution < -0.4 is 4.74 Å². The van der Waals surface area contributed by atoms with Crippen molar-refractivity contribution in [1.29, 1.82) is 5.26 Å². The molecule has 0 spiro atoms. The van der Waals surface area contributed by atoms with E-state index in [9.17, 15) is 0 Å². The zero-order chi connectivity index (χ0) is 13.9.